The number of benzene rings is 1. The summed E-state index contributed by atoms with van der Waals surface area (Å²) in [4.78, 5) is 66.8. The molecule has 0 saturated heterocycles. The molecule has 5 rings (SSSR count). The van der Waals surface area contributed by atoms with Gasteiger partial charge in [-0.2, -0.15) is 0 Å². The van der Waals surface area contributed by atoms with Crippen LogP contribution in [0.15, 0.2) is 53.8 Å². The van der Waals surface area contributed by atoms with Crippen molar-refractivity contribution < 1.29 is 47.3 Å². The summed E-state index contributed by atoms with van der Waals surface area (Å²) in [6, 6.07) is 5.28. The van der Waals surface area contributed by atoms with Crippen LogP contribution in [0.4, 0.5) is 10.1 Å². The van der Waals surface area contributed by atoms with E-state index in [4.69, 9.17) is 42.1 Å². The van der Waals surface area contributed by atoms with E-state index < -0.39 is 82.2 Å². The quantitative estimate of drug-likeness (QED) is 0.118. The highest BCUT2D eigenvalue weighted by Crippen LogP contribution is 2.71. The van der Waals surface area contributed by atoms with Crippen LogP contribution in [0, 0.1) is 35.5 Å². The van der Waals surface area contributed by atoms with Crippen molar-refractivity contribution in [1.82, 2.24) is 0 Å². The van der Waals surface area contributed by atoms with Crippen LogP contribution in [0.3, 0.4) is 0 Å². The van der Waals surface area contributed by atoms with Crippen molar-refractivity contribution in [3.05, 3.63) is 65.0 Å². The molecule has 10 nitrogen and oxygen atoms in total. The van der Waals surface area contributed by atoms with Crippen molar-refractivity contribution >= 4 is 58.5 Å². The van der Waals surface area contributed by atoms with E-state index >= 15 is 4.39 Å². The molecule has 0 radical (unpaired) electrons. The number of hydrogen-bond acceptors (Lipinski definition) is 10. The summed E-state index contributed by atoms with van der Waals surface area (Å²) in [6.07, 6.45) is 5.77. The van der Waals surface area contributed by atoms with E-state index in [1.165, 1.54) is 20.8 Å². The molecule has 10 atom stereocenters. The summed E-state index contributed by atoms with van der Waals surface area (Å²) in [5, 5.41) is -0.331. The largest absolute Gasteiger partial charge is 0.459 e. The number of ether oxygens (including phenoxy) is 4. The van der Waals surface area contributed by atoms with Crippen molar-refractivity contribution in [2.24, 2.45) is 28.6 Å². The maximum atomic E-state index is 18.7. The number of Topliss-reactive ketones (excluding diaryl/α,β-unsaturated/α-hetero) is 1. The molecule has 300 valence electrons. The Kier molecular flexibility index (Phi) is 12.1. The topological polar surface area (TPSA) is 126 Å². The van der Waals surface area contributed by atoms with E-state index in [0.29, 0.717) is 30.6 Å². The standard InChI is InChI=1S/C42H52Cl2FNO9/c1-23-10-11-30(17-35(23)46(20-25(3)43)21-26(4)44)38(51)54-32-14-15-39(8)31(18-32)12-13-33-34-16-24(2)42(55-29(7)49,36(50)22-52-27(5)47)40(34,9)19-37(41(33,39)45)53-28(6)48/h10-12,14-15,17-18,24-26,33-34,37H,13,16,19-22H2,1-9H3/t24-,25?,26?,33-,34-,37-,39-,40-,41-,42-/m0/s1. The van der Waals surface area contributed by atoms with Gasteiger partial charge in [-0.25, -0.2) is 9.18 Å². The maximum absolute atomic E-state index is 18.7. The number of halogens is 3. The zero-order valence-electron chi connectivity index (χ0n) is 33.0. The summed E-state index contributed by atoms with van der Waals surface area (Å²) in [5.41, 5.74) is -3.90. The number of aryl methyl sites for hydroxylation is 1. The van der Waals surface area contributed by atoms with Crippen LogP contribution in [0.25, 0.3) is 0 Å². The van der Waals surface area contributed by atoms with Gasteiger partial charge >= 0.3 is 23.9 Å². The third-order valence-corrected chi connectivity index (χ3v) is 12.6. The Labute approximate surface area is 332 Å². The molecule has 13 heteroatoms. The Bertz CT molecular complexity index is 1830. The minimum Gasteiger partial charge on any atom is -0.459 e. The van der Waals surface area contributed by atoms with E-state index in [2.05, 4.69) is 0 Å². The average Bonchev–Trinajstić information content (AvgIpc) is 3.29. The number of fused-ring (bicyclic) bond motifs is 5. The molecule has 0 bridgehead atoms. The number of carbonyl (C=O) groups excluding carboxylic acids is 5. The molecule has 1 aromatic carbocycles. The molecule has 0 heterocycles. The summed E-state index contributed by atoms with van der Waals surface area (Å²) < 4.78 is 41.5. The van der Waals surface area contributed by atoms with Gasteiger partial charge in [0.25, 0.3) is 0 Å². The Balaban J connectivity index is 1.50. The predicted molar refractivity (Wildman–Crippen MR) is 206 cm³/mol. The molecule has 2 fully saturated rings. The van der Waals surface area contributed by atoms with Gasteiger partial charge in [0.15, 0.2) is 17.9 Å². The van der Waals surface area contributed by atoms with Gasteiger partial charge in [-0.15, -0.1) is 23.2 Å². The number of rotatable bonds is 12. The fraction of sp³-hybridized carbons (Fsp3) is 0.595. The van der Waals surface area contributed by atoms with Crippen molar-refractivity contribution in [3.63, 3.8) is 0 Å². The number of hydrogen-bond donors (Lipinski definition) is 0. The highest BCUT2D eigenvalue weighted by atomic mass is 35.5. The number of alkyl halides is 3. The second kappa shape index (κ2) is 15.7. The molecule has 2 unspecified atom stereocenters. The van der Waals surface area contributed by atoms with Crippen LogP contribution in [0.1, 0.15) is 90.6 Å². The summed E-state index contributed by atoms with van der Waals surface area (Å²) in [7, 11) is 0. The fourth-order valence-corrected chi connectivity index (χ4v) is 10.5. The molecule has 0 aliphatic heterocycles. The van der Waals surface area contributed by atoms with Crippen LogP contribution in [-0.4, -0.2) is 77.5 Å². The smallest absolute Gasteiger partial charge is 0.343 e. The van der Waals surface area contributed by atoms with Crippen LogP contribution in [0.5, 0.6) is 0 Å². The normalized spacial score (nSPS) is 33.0. The first kappa shape index (κ1) is 42.4. The van der Waals surface area contributed by atoms with Gasteiger partial charge in [-0.1, -0.05) is 32.1 Å². The Morgan fingerprint density at radius 1 is 0.982 bits per heavy atom. The zero-order valence-corrected chi connectivity index (χ0v) is 34.5. The lowest BCUT2D eigenvalue weighted by atomic mass is 9.45. The molecule has 2 saturated carbocycles. The first-order valence-electron chi connectivity index (χ1n) is 18.8. The molecule has 0 aromatic heterocycles. The number of esters is 4. The average molecular weight is 805 g/mol. The molecule has 1 aromatic rings. The van der Waals surface area contributed by atoms with Crippen LogP contribution < -0.4 is 4.90 Å². The molecule has 0 N–H and O–H groups in total. The zero-order chi connectivity index (χ0) is 40.8. The summed E-state index contributed by atoms with van der Waals surface area (Å²) >= 11 is 12.7. The number of allylic oxidation sites excluding steroid dienone is 5. The van der Waals surface area contributed by atoms with Crippen molar-refractivity contribution in [2.45, 2.75) is 110 Å². The van der Waals surface area contributed by atoms with Crippen LogP contribution >= 0.6 is 23.2 Å². The number of nitrogens with zero attached hydrogens (tertiary/aromatic N) is 1. The lowest BCUT2D eigenvalue weighted by molar-refractivity contribution is -0.231. The van der Waals surface area contributed by atoms with E-state index in [1.807, 2.05) is 37.8 Å². The maximum Gasteiger partial charge on any atom is 0.343 e. The van der Waals surface area contributed by atoms with Gasteiger partial charge in [-0.3, -0.25) is 19.2 Å². The second-order valence-corrected chi connectivity index (χ2v) is 17.7. The van der Waals surface area contributed by atoms with Crippen molar-refractivity contribution in [2.75, 3.05) is 24.6 Å². The molecule has 55 heavy (non-hydrogen) atoms. The number of anilines is 1. The van der Waals surface area contributed by atoms with E-state index in [1.54, 1.807) is 51.1 Å². The summed E-state index contributed by atoms with van der Waals surface area (Å²) in [5.74, 6) is -4.96. The van der Waals surface area contributed by atoms with Gasteiger partial charge in [0.05, 0.1) is 5.56 Å². The fourth-order valence-electron chi connectivity index (χ4n) is 10.1. The van der Waals surface area contributed by atoms with Gasteiger partial charge in [0.1, 0.15) is 11.9 Å². The van der Waals surface area contributed by atoms with Gasteiger partial charge in [0, 0.05) is 73.0 Å². The molecule has 0 spiro atoms. The minimum atomic E-state index is -2.19. The lowest BCUT2D eigenvalue weighted by Gasteiger charge is -2.62. The van der Waals surface area contributed by atoms with Crippen molar-refractivity contribution in [3.8, 4) is 0 Å². The Morgan fingerprint density at radius 2 is 1.64 bits per heavy atom. The van der Waals surface area contributed by atoms with E-state index in [-0.39, 0.29) is 29.4 Å². The van der Waals surface area contributed by atoms with Gasteiger partial charge in [-0.05, 0) is 88.3 Å². The third kappa shape index (κ3) is 7.47. The molecular weight excluding hydrogens is 752 g/mol. The highest BCUT2D eigenvalue weighted by Gasteiger charge is 2.77. The second-order valence-electron chi connectivity index (χ2n) is 16.2. The molecular formula is C42H52Cl2FNO9. The minimum absolute atomic E-state index is 0.145. The first-order chi connectivity index (χ1) is 25.6. The predicted octanol–water partition coefficient (Wildman–Crippen LogP) is 7.76. The van der Waals surface area contributed by atoms with Crippen LogP contribution in [0.2, 0.25) is 0 Å². The molecule has 4 aliphatic rings. The van der Waals surface area contributed by atoms with Gasteiger partial charge in [0.2, 0.25) is 5.78 Å². The van der Waals surface area contributed by atoms with Crippen LogP contribution in [-0.2, 0) is 38.1 Å². The number of carbonyl (C=O) groups is 5. The Morgan fingerprint density at radius 3 is 2.22 bits per heavy atom. The third-order valence-electron chi connectivity index (χ3n) is 12.3. The molecule has 0 amide bonds. The highest BCUT2D eigenvalue weighted by molar-refractivity contribution is 6.21. The molecule has 4 aliphatic carbocycles. The first-order valence-corrected chi connectivity index (χ1v) is 19.7. The lowest BCUT2D eigenvalue weighted by Crippen LogP contribution is -2.70. The Hall–Kier alpha value is -3.70. The van der Waals surface area contributed by atoms with Gasteiger partial charge < -0.3 is 23.8 Å². The number of ketones is 1. The monoisotopic (exact) mass is 803 g/mol. The summed E-state index contributed by atoms with van der Waals surface area (Å²) in [6.45, 7) is 15.0. The van der Waals surface area contributed by atoms with E-state index in [0.717, 1.165) is 11.3 Å². The SMILES string of the molecule is CC(=O)OCC(=O)[C@@]1(OC(C)=O)[C@@H](C)C[C@H]2[C@@H]3CC=C4C=C(OC(=O)c5ccc(C)c(N(CC(C)Cl)CC(C)Cl)c5)C=C[C@]4(C)[C@@]3(F)[C@@H](OC(C)=O)C[C@@]21C. The van der Waals surface area contributed by atoms with Crippen molar-refractivity contribution in [1.29, 1.82) is 0 Å². The van der Waals surface area contributed by atoms with E-state index in [9.17, 15) is 24.0 Å².